The summed E-state index contributed by atoms with van der Waals surface area (Å²) in [5, 5.41) is 1.98. The zero-order valence-electron chi connectivity index (χ0n) is 10.4. The number of benzene rings is 2. The Hall–Kier alpha value is -0.640. The second-order valence-electron chi connectivity index (χ2n) is 4.35. The van der Waals surface area contributed by atoms with E-state index < -0.39 is 0 Å². The summed E-state index contributed by atoms with van der Waals surface area (Å²) in [6.07, 6.45) is 0. The molecule has 0 unspecified atom stereocenters. The third-order valence-corrected chi connectivity index (χ3v) is 4.55. The van der Waals surface area contributed by atoms with Crippen molar-refractivity contribution in [2.75, 3.05) is 0 Å². The Morgan fingerprint density at radius 3 is 2.33 bits per heavy atom. The zero-order valence-corrected chi connectivity index (χ0v) is 14.2. The van der Waals surface area contributed by atoms with Crippen LogP contribution in [0, 0.1) is 0 Å². The first-order valence-corrected chi connectivity index (χ1v) is 7.93. The Morgan fingerprint density at radius 2 is 1.62 bits per heavy atom. The maximum atomic E-state index is 6.28. The van der Waals surface area contributed by atoms with Crippen molar-refractivity contribution >= 4 is 69.0 Å². The van der Waals surface area contributed by atoms with Crippen molar-refractivity contribution in [2.24, 2.45) is 0 Å². The van der Waals surface area contributed by atoms with Crippen molar-refractivity contribution in [1.29, 1.82) is 0 Å². The van der Waals surface area contributed by atoms with Crippen LogP contribution in [0.2, 0.25) is 20.1 Å². The van der Waals surface area contributed by atoms with Crippen LogP contribution in [-0.4, -0.2) is 9.55 Å². The summed E-state index contributed by atoms with van der Waals surface area (Å²) in [6.45, 7) is 0. The Balaban J connectivity index is 2.40. The van der Waals surface area contributed by atoms with Crippen LogP contribution in [0.5, 0.6) is 0 Å². The lowest BCUT2D eigenvalue weighted by Gasteiger charge is -2.10. The molecular weight excluding hydrogens is 373 g/mol. The van der Waals surface area contributed by atoms with Gasteiger partial charge < -0.3 is 0 Å². The summed E-state index contributed by atoms with van der Waals surface area (Å²) in [5.41, 5.74) is 2.15. The molecule has 108 valence electrons. The number of hydrogen-bond donors (Lipinski definition) is 0. The highest BCUT2D eigenvalue weighted by molar-refractivity contribution is 6.42. The highest BCUT2D eigenvalue weighted by Crippen LogP contribution is 2.33. The minimum Gasteiger partial charge on any atom is -0.294 e. The predicted molar refractivity (Wildman–Crippen MR) is 90.7 cm³/mol. The van der Waals surface area contributed by atoms with Crippen molar-refractivity contribution in [3.63, 3.8) is 0 Å². The molecular formula is C14H7Cl5N2. The molecule has 2 nitrogen and oxygen atoms in total. The van der Waals surface area contributed by atoms with Crippen LogP contribution >= 0.6 is 58.0 Å². The van der Waals surface area contributed by atoms with Crippen LogP contribution in [0.15, 0.2) is 30.3 Å². The number of alkyl halides is 1. The van der Waals surface area contributed by atoms with E-state index in [1.807, 2.05) is 4.57 Å². The molecule has 0 N–H and O–H groups in total. The molecule has 0 aliphatic carbocycles. The number of halogens is 5. The number of nitrogens with zero attached hydrogens (tertiary/aromatic N) is 2. The van der Waals surface area contributed by atoms with Gasteiger partial charge >= 0.3 is 0 Å². The topological polar surface area (TPSA) is 17.8 Å². The fourth-order valence-corrected chi connectivity index (χ4v) is 3.00. The molecule has 0 saturated heterocycles. The highest BCUT2D eigenvalue weighted by Gasteiger charge is 2.16. The summed E-state index contributed by atoms with van der Waals surface area (Å²) >= 11 is 30.5. The summed E-state index contributed by atoms with van der Waals surface area (Å²) in [6, 6.07) is 8.63. The number of fused-ring (bicyclic) bond motifs is 1. The fourth-order valence-electron chi connectivity index (χ4n) is 2.14. The lowest BCUT2D eigenvalue weighted by molar-refractivity contribution is 0.982. The number of rotatable bonds is 2. The van der Waals surface area contributed by atoms with Crippen LogP contribution in [0.4, 0.5) is 0 Å². The molecule has 0 aliphatic heterocycles. The van der Waals surface area contributed by atoms with E-state index in [0.29, 0.717) is 37.1 Å². The molecule has 0 spiro atoms. The van der Waals surface area contributed by atoms with Crippen molar-refractivity contribution < 1.29 is 0 Å². The summed E-state index contributed by atoms with van der Waals surface area (Å²) < 4.78 is 1.83. The third kappa shape index (κ3) is 2.71. The van der Waals surface area contributed by atoms with Crippen LogP contribution in [0.3, 0.4) is 0 Å². The van der Waals surface area contributed by atoms with Crippen molar-refractivity contribution in [2.45, 2.75) is 5.88 Å². The molecule has 21 heavy (non-hydrogen) atoms. The monoisotopic (exact) mass is 378 g/mol. The van der Waals surface area contributed by atoms with Crippen LogP contribution in [0.25, 0.3) is 16.7 Å². The van der Waals surface area contributed by atoms with Crippen molar-refractivity contribution in [3.8, 4) is 5.69 Å². The first kappa shape index (κ1) is 15.3. The van der Waals surface area contributed by atoms with Gasteiger partial charge in [0.1, 0.15) is 5.82 Å². The molecule has 0 aliphatic rings. The van der Waals surface area contributed by atoms with Gasteiger partial charge in [-0.2, -0.15) is 0 Å². The van der Waals surface area contributed by atoms with E-state index in [1.165, 1.54) is 0 Å². The molecule has 0 atom stereocenters. The molecule has 0 bridgehead atoms. The molecule has 3 rings (SSSR count). The van der Waals surface area contributed by atoms with Gasteiger partial charge in [0.05, 0.1) is 37.7 Å². The summed E-state index contributed by atoms with van der Waals surface area (Å²) in [7, 11) is 0. The third-order valence-electron chi connectivity index (χ3n) is 3.03. The van der Waals surface area contributed by atoms with E-state index in [9.17, 15) is 0 Å². The normalized spacial score (nSPS) is 11.3. The predicted octanol–water partition coefficient (Wildman–Crippen LogP) is 6.38. The van der Waals surface area contributed by atoms with Crippen LogP contribution < -0.4 is 0 Å². The number of hydrogen-bond acceptors (Lipinski definition) is 1. The van der Waals surface area contributed by atoms with E-state index >= 15 is 0 Å². The second-order valence-corrected chi connectivity index (χ2v) is 6.27. The fraction of sp³-hybridized carbons (Fsp3) is 0.0714. The van der Waals surface area contributed by atoms with E-state index in [0.717, 1.165) is 5.52 Å². The van der Waals surface area contributed by atoms with Gasteiger partial charge in [0.15, 0.2) is 0 Å². The standard InChI is InChI=1S/C14H7Cl5N2/c15-6-14-20-11-4-9(18)10(19)5-13(11)21(14)12-3-7(16)1-2-8(12)17/h1-5H,6H2. The Kier molecular flexibility index (Phi) is 4.26. The van der Waals surface area contributed by atoms with Gasteiger partial charge in [0, 0.05) is 5.02 Å². The second kappa shape index (κ2) is 5.86. The summed E-state index contributed by atoms with van der Waals surface area (Å²) in [5.74, 6) is 0.849. The highest BCUT2D eigenvalue weighted by atomic mass is 35.5. The van der Waals surface area contributed by atoms with Gasteiger partial charge in [-0.3, -0.25) is 4.57 Å². The van der Waals surface area contributed by atoms with E-state index in [1.54, 1.807) is 30.3 Å². The summed E-state index contributed by atoms with van der Waals surface area (Å²) in [4.78, 5) is 4.47. The first-order valence-electron chi connectivity index (χ1n) is 5.89. The van der Waals surface area contributed by atoms with E-state index in [-0.39, 0.29) is 5.88 Å². The molecule has 0 radical (unpaired) electrons. The average Bonchev–Trinajstić information content (AvgIpc) is 2.79. The molecule has 0 saturated carbocycles. The largest absolute Gasteiger partial charge is 0.294 e. The molecule has 1 aromatic heterocycles. The average molecular weight is 380 g/mol. The zero-order chi connectivity index (χ0) is 15.1. The van der Waals surface area contributed by atoms with Gasteiger partial charge in [0.2, 0.25) is 0 Å². The Bertz CT molecular complexity index is 841. The van der Waals surface area contributed by atoms with Crippen molar-refractivity contribution in [3.05, 3.63) is 56.2 Å². The molecule has 1 heterocycles. The van der Waals surface area contributed by atoms with Gasteiger partial charge in [0.25, 0.3) is 0 Å². The maximum Gasteiger partial charge on any atom is 0.129 e. The number of imidazole rings is 1. The van der Waals surface area contributed by atoms with E-state index in [4.69, 9.17) is 58.0 Å². The minimum atomic E-state index is 0.215. The Labute approximate surface area is 146 Å². The molecule has 0 fully saturated rings. The minimum absolute atomic E-state index is 0.215. The van der Waals surface area contributed by atoms with Crippen LogP contribution in [0.1, 0.15) is 5.82 Å². The van der Waals surface area contributed by atoms with Gasteiger partial charge in [-0.05, 0) is 30.3 Å². The Morgan fingerprint density at radius 1 is 0.905 bits per heavy atom. The number of aromatic nitrogens is 2. The molecule has 7 heteroatoms. The van der Waals surface area contributed by atoms with Crippen molar-refractivity contribution in [1.82, 2.24) is 9.55 Å². The van der Waals surface area contributed by atoms with Crippen LogP contribution in [-0.2, 0) is 5.88 Å². The SMILES string of the molecule is ClCc1nc2cc(Cl)c(Cl)cc2n1-c1cc(Cl)ccc1Cl. The van der Waals surface area contributed by atoms with Gasteiger partial charge in [-0.15, -0.1) is 11.6 Å². The molecule has 3 aromatic rings. The molecule has 2 aromatic carbocycles. The maximum absolute atomic E-state index is 6.28. The van der Waals surface area contributed by atoms with E-state index in [2.05, 4.69) is 4.98 Å². The lowest BCUT2D eigenvalue weighted by atomic mass is 10.2. The first-order chi connectivity index (χ1) is 10.0. The van der Waals surface area contributed by atoms with Gasteiger partial charge in [-0.1, -0.05) is 46.4 Å². The molecule has 0 amide bonds. The smallest absolute Gasteiger partial charge is 0.129 e. The van der Waals surface area contributed by atoms with Gasteiger partial charge in [-0.25, -0.2) is 4.98 Å². The quantitative estimate of drug-likeness (QED) is 0.472. The lowest BCUT2D eigenvalue weighted by Crippen LogP contribution is -2.00.